The van der Waals surface area contributed by atoms with Gasteiger partial charge in [0.25, 0.3) is 0 Å². The van der Waals surface area contributed by atoms with Crippen LogP contribution in [-0.2, 0) is 9.53 Å². The number of rotatable bonds is 8. The van der Waals surface area contributed by atoms with E-state index in [0.717, 1.165) is 11.1 Å². The molecule has 198 valence electrons. The molecule has 5 nitrogen and oxygen atoms in total. The van der Waals surface area contributed by atoms with E-state index >= 15 is 0 Å². The molecule has 2 saturated heterocycles. The van der Waals surface area contributed by atoms with Crippen LogP contribution in [0.5, 0.6) is 0 Å². The van der Waals surface area contributed by atoms with Crippen molar-refractivity contribution in [3.05, 3.63) is 82.4 Å². The van der Waals surface area contributed by atoms with Gasteiger partial charge in [-0.1, -0.05) is 67.4 Å². The van der Waals surface area contributed by atoms with E-state index in [-0.39, 0.29) is 30.0 Å². The van der Waals surface area contributed by atoms with Gasteiger partial charge in [0.15, 0.2) is 0 Å². The second-order valence-corrected chi connectivity index (χ2v) is 12.1. The summed E-state index contributed by atoms with van der Waals surface area (Å²) >= 11 is 12.7. The third kappa shape index (κ3) is 5.68. The highest BCUT2D eigenvalue weighted by Crippen LogP contribution is 2.52. The van der Waals surface area contributed by atoms with E-state index in [1.54, 1.807) is 4.90 Å². The molecular weight excluding hydrogens is 507 g/mol. The van der Waals surface area contributed by atoms with Crippen LogP contribution in [0.2, 0.25) is 10.0 Å². The Bertz CT molecular complexity index is 1170. The van der Waals surface area contributed by atoms with Crippen LogP contribution < -0.4 is 0 Å². The lowest BCUT2D eigenvalue weighted by atomic mass is 9.67. The van der Waals surface area contributed by atoms with Gasteiger partial charge >= 0.3 is 6.09 Å². The Hall–Kier alpha value is -2.50. The molecule has 0 aliphatic carbocycles. The summed E-state index contributed by atoms with van der Waals surface area (Å²) in [5.74, 6) is 0.0582. The van der Waals surface area contributed by atoms with E-state index in [1.807, 2.05) is 74.2 Å². The third-order valence-corrected chi connectivity index (χ3v) is 8.16. The van der Waals surface area contributed by atoms with Gasteiger partial charge in [0.05, 0.1) is 18.0 Å². The quantitative estimate of drug-likeness (QED) is 0.322. The average Bonchev–Trinajstić information content (AvgIpc) is 3.11. The molecule has 2 aromatic rings. The largest absolute Gasteiger partial charge is 0.441 e. The van der Waals surface area contributed by atoms with Crippen LogP contribution in [0.4, 0.5) is 4.79 Å². The molecule has 0 bridgehead atoms. The molecule has 37 heavy (non-hydrogen) atoms. The molecule has 0 aromatic heterocycles. The highest BCUT2D eigenvalue weighted by Gasteiger charge is 2.51. The molecule has 2 amide bonds. The van der Waals surface area contributed by atoms with Crippen molar-refractivity contribution < 1.29 is 14.3 Å². The predicted molar refractivity (Wildman–Crippen MR) is 149 cm³/mol. The zero-order valence-corrected chi connectivity index (χ0v) is 23.6. The number of nitrogens with zero attached hydrogens (tertiary/aromatic N) is 2. The van der Waals surface area contributed by atoms with Gasteiger partial charge in [-0.2, -0.15) is 0 Å². The van der Waals surface area contributed by atoms with Crippen LogP contribution >= 0.6 is 23.2 Å². The Labute approximate surface area is 230 Å². The number of cyclic esters (lactones) is 1. The smallest absolute Gasteiger partial charge is 0.410 e. The van der Waals surface area contributed by atoms with E-state index in [0.29, 0.717) is 42.4 Å². The van der Waals surface area contributed by atoms with Gasteiger partial charge in [0.2, 0.25) is 5.91 Å². The molecule has 4 atom stereocenters. The Morgan fingerprint density at radius 2 is 1.78 bits per heavy atom. The second kappa shape index (κ2) is 10.7. The van der Waals surface area contributed by atoms with Crippen molar-refractivity contribution in [1.29, 1.82) is 0 Å². The van der Waals surface area contributed by atoms with Gasteiger partial charge < -0.3 is 14.5 Å². The predicted octanol–water partition coefficient (Wildman–Crippen LogP) is 7.64. The summed E-state index contributed by atoms with van der Waals surface area (Å²) < 4.78 is 5.57. The molecular formula is C30H36Cl2N2O3. The van der Waals surface area contributed by atoms with Gasteiger partial charge in [-0.3, -0.25) is 4.79 Å². The average molecular weight is 544 g/mol. The van der Waals surface area contributed by atoms with E-state index in [1.165, 1.54) is 0 Å². The zero-order chi connectivity index (χ0) is 27.0. The molecule has 4 rings (SSSR count). The Morgan fingerprint density at radius 1 is 1.08 bits per heavy atom. The Morgan fingerprint density at radius 3 is 2.35 bits per heavy atom. The van der Waals surface area contributed by atoms with Crippen molar-refractivity contribution in [2.75, 3.05) is 13.1 Å². The third-order valence-electron chi connectivity index (χ3n) is 7.67. The summed E-state index contributed by atoms with van der Waals surface area (Å²) in [6.45, 7) is 12.8. The molecule has 0 N–H and O–H groups in total. The van der Waals surface area contributed by atoms with Crippen molar-refractivity contribution >= 4 is 35.2 Å². The SMILES string of the molecule is C=CC[C@@]1(C)C[C@H](c2cccc(Cl)c2)[C@@H](c2ccc(Cl)cc2)N(C(CC)CN2CC(C)(C)OC2=O)C1=O. The molecule has 0 spiro atoms. The number of allylic oxidation sites excluding steroid dienone is 1. The van der Waals surface area contributed by atoms with Crippen molar-refractivity contribution in [3.8, 4) is 0 Å². The van der Waals surface area contributed by atoms with E-state index in [9.17, 15) is 9.59 Å². The van der Waals surface area contributed by atoms with Crippen LogP contribution in [0, 0.1) is 5.41 Å². The van der Waals surface area contributed by atoms with Gasteiger partial charge in [-0.15, -0.1) is 6.58 Å². The van der Waals surface area contributed by atoms with Crippen molar-refractivity contribution in [1.82, 2.24) is 9.80 Å². The number of carbonyl (C=O) groups excluding carboxylic acids is 2. The first-order valence-corrected chi connectivity index (χ1v) is 13.7. The highest BCUT2D eigenvalue weighted by atomic mass is 35.5. The first kappa shape index (κ1) is 27.5. The lowest BCUT2D eigenvalue weighted by molar-refractivity contribution is -0.155. The zero-order valence-electron chi connectivity index (χ0n) is 22.0. The summed E-state index contributed by atoms with van der Waals surface area (Å²) in [7, 11) is 0. The van der Waals surface area contributed by atoms with Crippen molar-refractivity contribution in [2.45, 2.75) is 70.6 Å². The number of amides is 2. The van der Waals surface area contributed by atoms with E-state index < -0.39 is 11.0 Å². The fourth-order valence-electron chi connectivity index (χ4n) is 5.95. The molecule has 7 heteroatoms. The van der Waals surface area contributed by atoms with E-state index in [2.05, 4.69) is 19.6 Å². The van der Waals surface area contributed by atoms with Gasteiger partial charge in [-0.05, 0) is 68.5 Å². The second-order valence-electron chi connectivity index (χ2n) is 11.2. The standard InChI is InChI=1S/C30H36Cl2N2O3/c1-6-15-30(5)17-25(21-9-8-10-23(32)16-21)26(20-11-13-22(31)14-12-20)34(27(30)35)24(7-2)18-33-19-29(3,4)37-28(33)36/h6,8-14,16,24-26H,1,7,15,17-19H2,2-5H3/t24?,25-,26-,30+/m1/s1. The topological polar surface area (TPSA) is 49.9 Å². The fraction of sp³-hybridized carbons (Fsp3) is 0.467. The number of carbonyl (C=O) groups is 2. The van der Waals surface area contributed by atoms with Crippen LogP contribution in [0.3, 0.4) is 0 Å². The monoisotopic (exact) mass is 542 g/mol. The van der Waals surface area contributed by atoms with Gasteiger partial charge in [-0.25, -0.2) is 4.79 Å². The van der Waals surface area contributed by atoms with Crippen LogP contribution in [0.15, 0.2) is 61.2 Å². The first-order valence-electron chi connectivity index (χ1n) is 12.9. The fourth-order valence-corrected chi connectivity index (χ4v) is 6.28. The van der Waals surface area contributed by atoms with Gasteiger partial charge in [0.1, 0.15) is 5.60 Å². The summed E-state index contributed by atoms with van der Waals surface area (Å²) in [6, 6.07) is 15.2. The Balaban J connectivity index is 1.84. The number of ether oxygens (including phenoxy) is 1. The first-order chi connectivity index (χ1) is 17.5. The molecule has 2 heterocycles. The molecule has 2 aromatic carbocycles. The lowest BCUT2D eigenvalue weighted by Crippen LogP contribution is -2.57. The normalized spacial score (nSPS) is 26.2. The summed E-state index contributed by atoms with van der Waals surface area (Å²) in [6.07, 6.45) is 3.39. The number of likely N-dealkylation sites (tertiary alicyclic amines) is 1. The van der Waals surface area contributed by atoms with Crippen molar-refractivity contribution in [3.63, 3.8) is 0 Å². The molecule has 2 aliphatic rings. The number of hydrogen-bond donors (Lipinski definition) is 0. The molecule has 1 unspecified atom stereocenters. The number of halogens is 2. The van der Waals surface area contributed by atoms with Crippen LogP contribution in [0.25, 0.3) is 0 Å². The summed E-state index contributed by atoms with van der Waals surface area (Å²) in [4.78, 5) is 30.9. The minimum atomic E-state index is -0.643. The highest BCUT2D eigenvalue weighted by molar-refractivity contribution is 6.30. The maximum atomic E-state index is 14.4. The number of benzene rings is 2. The van der Waals surface area contributed by atoms with Crippen molar-refractivity contribution in [2.24, 2.45) is 5.41 Å². The number of hydrogen-bond acceptors (Lipinski definition) is 3. The van der Waals surface area contributed by atoms with Gasteiger partial charge in [0, 0.05) is 28.5 Å². The minimum Gasteiger partial charge on any atom is -0.441 e. The molecule has 0 saturated carbocycles. The maximum absolute atomic E-state index is 14.4. The maximum Gasteiger partial charge on any atom is 0.410 e. The molecule has 0 radical (unpaired) electrons. The minimum absolute atomic E-state index is 0.0152. The van der Waals surface area contributed by atoms with Crippen LogP contribution in [0.1, 0.15) is 70.0 Å². The molecule has 2 fully saturated rings. The van der Waals surface area contributed by atoms with Crippen LogP contribution in [-0.4, -0.2) is 46.5 Å². The Kier molecular flexibility index (Phi) is 7.96. The number of piperidine rings is 1. The molecule has 2 aliphatic heterocycles. The van der Waals surface area contributed by atoms with E-state index in [4.69, 9.17) is 27.9 Å². The summed E-state index contributed by atoms with van der Waals surface area (Å²) in [5.41, 5.74) is 0.885. The lowest BCUT2D eigenvalue weighted by Gasteiger charge is -2.52. The summed E-state index contributed by atoms with van der Waals surface area (Å²) in [5, 5.41) is 1.30.